The van der Waals surface area contributed by atoms with Crippen molar-refractivity contribution in [2.45, 2.75) is 50.5 Å². The molecule has 2 amide bonds. The van der Waals surface area contributed by atoms with E-state index in [0.29, 0.717) is 0 Å². The third-order valence-electron chi connectivity index (χ3n) is 6.48. The minimum Gasteiger partial charge on any atom is -0.331 e. The van der Waals surface area contributed by atoms with Gasteiger partial charge in [0.25, 0.3) is 0 Å². The molecule has 3 aliphatic rings. The zero-order valence-corrected chi connectivity index (χ0v) is 15.8. The fourth-order valence-corrected chi connectivity index (χ4v) is 4.77. The van der Waals surface area contributed by atoms with Gasteiger partial charge in [0.1, 0.15) is 0 Å². The third-order valence-corrected chi connectivity index (χ3v) is 6.48. The van der Waals surface area contributed by atoms with Gasteiger partial charge < -0.3 is 15.1 Å². The largest absolute Gasteiger partial charge is 0.331 e. The normalized spacial score (nSPS) is 25.0. The zero-order chi connectivity index (χ0) is 17.6. The lowest BCUT2D eigenvalue weighted by Crippen LogP contribution is -2.43. The Labute approximate surface area is 151 Å². The Bertz CT molecular complexity index is 657. The van der Waals surface area contributed by atoms with Gasteiger partial charge in [0, 0.05) is 26.1 Å². The van der Waals surface area contributed by atoms with Crippen molar-refractivity contribution in [3.63, 3.8) is 0 Å². The molecule has 1 aromatic rings. The molecule has 2 fully saturated rings. The van der Waals surface area contributed by atoms with Gasteiger partial charge in [-0.25, -0.2) is 4.79 Å². The number of likely N-dealkylation sites (tertiary alicyclic amines) is 1. The van der Waals surface area contributed by atoms with Crippen molar-refractivity contribution >= 4 is 6.03 Å². The van der Waals surface area contributed by atoms with Crippen LogP contribution in [0.1, 0.15) is 54.8 Å². The molecule has 4 nitrogen and oxygen atoms in total. The maximum absolute atomic E-state index is 12.3. The predicted octanol–water partition coefficient (Wildman–Crippen LogP) is 3.45. The number of benzene rings is 1. The predicted molar refractivity (Wildman–Crippen MR) is 101 cm³/mol. The van der Waals surface area contributed by atoms with Crippen LogP contribution >= 0.6 is 0 Å². The van der Waals surface area contributed by atoms with Crippen LogP contribution in [-0.4, -0.2) is 49.6 Å². The van der Waals surface area contributed by atoms with E-state index in [1.807, 2.05) is 14.1 Å². The SMILES string of the molecule is Cc1ccc2c(c1)[C@@H](NC(=O)N(C)C)CC21CCN(CC2CC2)CC1. The summed E-state index contributed by atoms with van der Waals surface area (Å²) < 4.78 is 0. The Morgan fingerprint density at radius 3 is 2.64 bits per heavy atom. The van der Waals surface area contributed by atoms with Gasteiger partial charge in [-0.15, -0.1) is 0 Å². The second-order valence-electron chi connectivity index (χ2n) is 8.72. The van der Waals surface area contributed by atoms with E-state index >= 15 is 0 Å². The number of nitrogens with zero attached hydrogens (tertiary/aromatic N) is 2. The second kappa shape index (κ2) is 6.31. The molecule has 1 aromatic carbocycles. The molecule has 1 atom stereocenters. The quantitative estimate of drug-likeness (QED) is 0.914. The number of nitrogens with one attached hydrogen (secondary N) is 1. The molecule has 2 aliphatic carbocycles. The first kappa shape index (κ1) is 16.9. The van der Waals surface area contributed by atoms with Gasteiger partial charge in [-0.1, -0.05) is 23.8 Å². The highest BCUT2D eigenvalue weighted by molar-refractivity contribution is 5.74. The van der Waals surface area contributed by atoms with E-state index in [1.54, 1.807) is 4.90 Å². The van der Waals surface area contributed by atoms with Gasteiger partial charge in [-0.2, -0.15) is 0 Å². The van der Waals surface area contributed by atoms with E-state index in [9.17, 15) is 4.79 Å². The first-order valence-corrected chi connectivity index (χ1v) is 9.78. The number of hydrogen-bond acceptors (Lipinski definition) is 2. The van der Waals surface area contributed by atoms with Gasteiger partial charge in [0.15, 0.2) is 0 Å². The molecule has 0 unspecified atom stereocenters. The summed E-state index contributed by atoms with van der Waals surface area (Å²) >= 11 is 0. The molecule has 1 saturated heterocycles. The number of hydrogen-bond donors (Lipinski definition) is 1. The molecule has 0 radical (unpaired) electrons. The molecule has 1 N–H and O–H groups in total. The molecule has 4 rings (SSSR count). The van der Waals surface area contributed by atoms with E-state index in [4.69, 9.17) is 0 Å². The molecule has 4 heteroatoms. The molecule has 25 heavy (non-hydrogen) atoms. The maximum atomic E-state index is 12.3. The number of fused-ring (bicyclic) bond motifs is 2. The van der Waals surface area contributed by atoms with Crippen LogP contribution in [0.2, 0.25) is 0 Å². The van der Waals surface area contributed by atoms with Crippen molar-refractivity contribution < 1.29 is 4.79 Å². The van der Waals surface area contributed by atoms with Gasteiger partial charge in [-0.05, 0) is 69.2 Å². The maximum Gasteiger partial charge on any atom is 0.317 e. The average molecular weight is 341 g/mol. The standard InChI is InChI=1S/C21H31N3O/c1-15-4-7-18-17(12-15)19(22-20(25)23(2)3)13-21(18)8-10-24(11-9-21)14-16-5-6-16/h4,7,12,16,19H,5-6,8-11,13-14H2,1-3H3,(H,22,25)/t19-/m0/s1. The number of rotatable bonds is 3. The summed E-state index contributed by atoms with van der Waals surface area (Å²) in [5.74, 6) is 0.972. The number of urea groups is 1. The molecule has 0 bridgehead atoms. The van der Waals surface area contributed by atoms with Gasteiger partial charge in [0.2, 0.25) is 0 Å². The van der Waals surface area contributed by atoms with Crippen molar-refractivity contribution in [3.8, 4) is 0 Å². The van der Waals surface area contributed by atoms with E-state index in [2.05, 4.69) is 35.3 Å². The van der Waals surface area contributed by atoms with Crippen LogP contribution in [0, 0.1) is 12.8 Å². The summed E-state index contributed by atoms with van der Waals surface area (Å²) in [6.07, 6.45) is 6.38. The van der Waals surface area contributed by atoms with Crippen LogP contribution in [0.25, 0.3) is 0 Å². The Balaban J connectivity index is 1.54. The van der Waals surface area contributed by atoms with Crippen molar-refractivity contribution in [2.75, 3.05) is 33.7 Å². The first-order valence-electron chi connectivity index (χ1n) is 9.78. The highest BCUT2D eigenvalue weighted by Gasteiger charge is 2.46. The lowest BCUT2D eigenvalue weighted by molar-refractivity contribution is 0.147. The molecule has 1 spiro atoms. The Morgan fingerprint density at radius 1 is 1.28 bits per heavy atom. The van der Waals surface area contributed by atoms with Crippen molar-refractivity contribution in [1.82, 2.24) is 15.1 Å². The zero-order valence-electron chi connectivity index (χ0n) is 15.8. The van der Waals surface area contributed by atoms with Crippen molar-refractivity contribution in [2.24, 2.45) is 5.92 Å². The fraction of sp³-hybridized carbons (Fsp3) is 0.667. The first-order chi connectivity index (χ1) is 12.0. The van der Waals surface area contributed by atoms with Crippen LogP contribution in [0.5, 0.6) is 0 Å². The van der Waals surface area contributed by atoms with Crippen LogP contribution in [-0.2, 0) is 5.41 Å². The monoisotopic (exact) mass is 341 g/mol. The second-order valence-corrected chi connectivity index (χ2v) is 8.72. The summed E-state index contributed by atoms with van der Waals surface area (Å²) in [7, 11) is 3.63. The number of carbonyl (C=O) groups excluding carboxylic acids is 1. The van der Waals surface area contributed by atoms with Gasteiger partial charge in [-0.3, -0.25) is 0 Å². The molecule has 136 valence electrons. The van der Waals surface area contributed by atoms with E-state index < -0.39 is 0 Å². The van der Waals surface area contributed by atoms with Gasteiger partial charge >= 0.3 is 6.03 Å². The fourth-order valence-electron chi connectivity index (χ4n) is 4.77. The van der Waals surface area contributed by atoms with Crippen LogP contribution in [0.15, 0.2) is 18.2 Å². The van der Waals surface area contributed by atoms with Crippen LogP contribution in [0.3, 0.4) is 0 Å². The lowest BCUT2D eigenvalue weighted by atomic mass is 9.73. The molecular weight excluding hydrogens is 310 g/mol. The number of piperidine rings is 1. The number of aryl methyl sites for hydroxylation is 1. The van der Waals surface area contributed by atoms with Crippen LogP contribution in [0.4, 0.5) is 4.79 Å². The summed E-state index contributed by atoms with van der Waals surface area (Å²) in [4.78, 5) is 16.6. The number of amides is 2. The van der Waals surface area contributed by atoms with Crippen molar-refractivity contribution in [3.05, 3.63) is 34.9 Å². The van der Waals surface area contributed by atoms with E-state index in [-0.39, 0.29) is 17.5 Å². The molecule has 1 heterocycles. The molecule has 1 saturated carbocycles. The Kier molecular flexibility index (Phi) is 4.27. The summed E-state index contributed by atoms with van der Waals surface area (Å²) in [6, 6.07) is 7.04. The smallest absolute Gasteiger partial charge is 0.317 e. The van der Waals surface area contributed by atoms with Crippen LogP contribution < -0.4 is 5.32 Å². The Morgan fingerprint density at radius 2 is 2.00 bits per heavy atom. The Hall–Kier alpha value is -1.55. The average Bonchev–Trinajstić information content (AvgIpc) is 3.35. The minimum atomic E-state index is 0.0145. The molecule has 1 aliphatic heterocycles. The van der Waals surface area contributed by atoms with Gasteiger partial charge in [0.05, 0.1) is 6.04 Å². The summed E-state index contributed by atoms with van der Waals surface area (Å²) in [5, 5.41) is 3.26. The highest BCUT2D eigenvalue weighted by atomic mass is 16.2. The minimum absolute atomic E-state index is 0.0145. The summed E-state index contributed by atoms with van der Waals surface area (Å²) in [6.45, 7) is 5.86. The highest BCUT2D eigenvalue weighted by Crippen LogP contribution is 2.51. The third kappa shape index (κ3) is 3.29. The van der Waals surface area contributed by atoms with E-state index in [0.717, 1.165) is 12.3 Å². The molecular formula is C21H31N3O. The summed E-state index contributed by atoms with van der Waals surface area (Å²) in [5.41, 5.74) is 4.39. The molecule has 0 aromatic heterocycles. The van der Waals surface area contributed by atoms with E-state index in [1.165, 1.54) is 62.0 Å². The topological polar surface area (TPSA) is 35.6 Å². The number of carbonyl (C=O) groups is 1. The lowest BCUT2D eigenvalue weighted by Gasteiger charge is -2.40. The van der Waals surface area contributed by atoms with Crippen molar-refractivity contribution in [1.29, 1.82) is 0 Å².